The number of fused-ring (bicyclic) bond motifs is 1. The maximum atomic E-state index is 13.1. The third-order valence-electron chi connectivity index (χ3n) is 6.14. The van der Waals surface area contributed by atoms with Crippen LogP contribution in [0.15, 0.2) is 21.3 Å². The first-order valence-electron chi connectivity index (χ1n) is 10.9. The molecule has 1 aliphatic rings. The molecule has 1 aromatic carbocycles. The fourth-order valence-corrected chi connectivity index (χ4v) is 6.01. The SMILES string of the molecule is COC(=O)CCN(C(=O)CCc1c(C)c2ccc(OC)c(OC)c2oc1=O)[C@H]1CCS(=O)(=O)C1. The molecular weight excluding hydrogens is 466 g/mol. The normalized spacial score (nSPS) is 16.9. The Bertz CT molecular complexity index is 1250. The molecule has 11 heteroatoms. The molecule has 1 fully saturated rings. The van der Waals surface area contributed by atoms with Gasteiger partial charge >= 0.3 is 11.6 Å². The number of hydrogen-bond donors (Lipinski definition) is 0. The summed E-state index contributed by atoms with van der Waals surface area (Å²) in [7, 11) is 0.950. The van der Waals surface area contributed by atoms with Gasteiger partial charge in [0.15, 0.2) is 21.2 Å². The number of aryl methyl sites for hydroxylation is 1. The highest BCUT2D eigenvalue weighted by Crippen LogP contribution is 2.36. The highest BCUT2D eigenvalue weighted by Gasteiger charge is 2.34. The van der Waals surface area contributed by atoms with E-state index in [-0.39, 0.29) is 48.8 Å². The molecule has 186 valence electrons. The third-order valence-corrected chi connectivity index (χ3v) is 7.89. The summed E-state index contributed by atoms with van der Waals surface area (Å²) in [6, 6.07) is 2.96. The van der Waals surface area contributed by atoms with Crippen molar-refractivity contribution in [3.8, 4) is 11.5 Å². The third kappa shape index (κ3) is 5.35. The van der Waals surface area contributed by atoms with Gasteiger partial charge in [-0.15, -0.1) is 0 Å². The van der Waals surface area contributed by atoms with Crippen LogP contribution in [0.25, 0.3) is 11.0 Å². The predicted molar refractivity (Wildman–Crippen MR) is 124 cm³/mol. The van der Waals surface area contributed by atoms with E-state index in [0.717, 1.165) is 0 Å². The van der Waals surface area contributed by atoms with Gasteiger partial charge in [-0.3, -0.25) is 9.59 Å². The molecule has 0 N–H and O–H groups in total. The van der Waals surface area contributed by atoms with Gasteiger partial charge in [0.25, 0.3) is 0 Å². The molecule has 10 nitrogen and oxygen atoms in total. The summed E-state index contributed by atoms with van der Waals surface area (Å²) >= 11 is 0. The number of hydrogen-bond acceptors (Lipinski definition) is 9. The molecule has 0 radical (unpaired) electrons. The molecule has 0 bridgehead atoms. The van der Waals surface area contributed by atoms with E-state index in [1.165, 1.54) is 26.2 Å². The summed E-state index contributed by atoms with van der Waals surface area (Å²) in [5.74, 6) is -0.240. The van der Waals surface area contributed by atoms with Gasteiger partial charge in [-0.25, -0.2) is 13.2 Å². The lowest BCUT2D eigenvalue weighted by Gasteiger charge is -2.28. The van der Waals surface area contributed by atoms with Crippen molar-refractivity contribution in [1.82, 2.24) is 4.90 Å². The van der Waals surface area contributed by atoms with Crippen molar-refractivity contribution < 1.29 is 36.6 Å². The second-order valence-corrected chi connectivity index (χ2v) is 10.4. The fraction of sp³-hybridized carbons (Fsp3) is 0.522. The van der Waals surface area contributed by atoms with Gasteiger partial charge in [0.1, 0.15) is 0 Å². The molecule has 2 aromatic rings. The fourth-order valence-electron chi connectivity index (χ4n) is 4.28. The van der Waals surface area contributed by atoms with Crippen LogP contribution in [-0.4, -0.2) is 70.6 Å². The summed E-state index contributed by atoms with van der Waals surface area (Å²) in [5.41, 5.74) is 0.675. The minimum atomic E-state index is -3.23. The summed E-state index contributed by atoms with van der Waals surface area (Å²) in [4.78, 5) is 38.9. The number of amides is 1. The lowest BCUT2D eigenvalue weighted by molar-refractivity contribution is -0.142. The maximum absolute atomic E-state index is 13.1. The molecule has 0 unspecified atom stereocenters. The van der Waals surface area contributed by atoms with E-state index in [0.29, 0.717) is 34.4 Å². The first kappa shape index (κ1) is 25.5. The average Bonchev–Trinajstić information content (AvgIpc) is 3.17. The minimum Gasteiger partial charge on any atom is -0.493 e. The summed E-state index contributed by atoms with van der Waals surface area (Å²) in [5, 5.41) is 0.657. The van der Waals surface area contributed by atoms with E-state index in [1.807, 2.05) is 0 Å². The Labute approximate surface area is 197 Å². The Morgan fingerprint density at radius 2 is 1.88 bits per heavy atom. The van der Waals surface area contributed by atoms with E-state index in [2.05, 4.69) is 4.74 Å². The molecule has 1 amide bonds. The van der Waals surface area contributed by atoms with E-state index >= 15 is 0 Å². The molecule has 0 saturated carbocycles. The van der Waals surface area contributed by atoms with Gasteiger partial charge in [-0.1, -0.05) is 0 Å². The van der Waals surface area contributed by atoms with Crippen molar-refractivity contribution in [3.63, 3.8) is 0 Å². The lowest BCUT2D eigenvalue weighted by Crippen LogP contribution is -2.42. The number of rotatable bonds is 9. The van der Waals surface area contributed by atoms with E-state index in [4.69, 9.17) is 13.9 Å². The number of sulfone groups is 1. The lowest BCUT2D eigenvalue weighted by atomic mass is 10.0. The summed E-state index contributed by atoms with van der Waals surface area (Å²) in [6.07, 6.45) is 0.333. The molecule has 1 aromatic heterocycles. The van der Waals surface area contributed by atoms with Crippen LogP contribution < -0.4 is 15.1 Å². The van der Waals surface area contributed by atoms with Gasteiger partial charge < -0.3 is 23.5 Å². The zero-order valence-electron chi connectivity index (χ0n) is 19.7. The van der Waals surface area contributed by atoms with Crippen molar-refractivity contribution in [1.29, 1.82) is 0 Å². The molecule has 1 aliphatic heterocycles. The molecular formula is C23H29NO9S. The number of esters is 1. The first-order valence-corrected chi connectivity index (χ1v) is 12.7. The quantitative estimate of drug-likeness (QED) is 0.376. The van der Waals surface area contributed by atoms with Gasteiger partial charge in [0, 0.05) is 30.0 Å². The molecule has 0 aliphatic carbocycles. The van der Waals surface area contributed by atoms with Crippen LogP contribution in [0.3, 0.4) is 0 Å². The Kier molecular flexibility index (Phi) is 7.86. The average molecular weight is 496 g/mol. The van der Waals surface area contributed by atoms with Crippen molar-refractivity contribution in [3.05, 3.63) is 33.7 Å². The van der Waals surface area contributed by atoms with Gasteiger partial charge in [0.2, 0.25) is 11.7 Å². The Balaban J connectivity index is 1.85. The van der Waals surface area contributed by atoms with Gasteiger partial charge in [-0.2, -0.15) is 0 Å². The maximum Gasteiger partial charge on any atom is 0.339 e. The van der Waals surface area contributed by atoms with E-state index in [1.54, 1.807) is 19.1 Å². The van der Waals surface area contributed by atoms with E-state index in [9.17, 15) is 22.8 Å². The van der Waals surface area contributed by atoms with Crippen LogP contribution in [0.1, 0.15) is 30.4 Å². The molecule has 2 heterocycles. The number of carbonyl (C=O) groups excluding carboxylic acids is 2. The molecule has 1 saturated heterocycles. The Morgan fingerprint density at radius 1 is 1.15 bits per heavy atom. The smallest absolute Gasteiger partial charge is 0.339 e. The number of carbonyl (C=O) groups is 2. The number of methoxy groups -OCH3 is 3. The first-order chi connectivity index (χ1) is 16.1. The zero-order chi connectivity index (χ0) is 25.0. The standard InChI is InChI=1S/C23H29NO9S/c1-14-16-5-7-18(30-2)22(32-4)21(16)33-23(27)17(14)6-8-19(25)24(11-9-20(26)31-3)15-10-12-34(28,29)13-15/h5,7,15H,6,8-13H2,1-4H3/t15-/m0/s1. The van der Waals surface area contributed by atoms with Crippen LogP contribution in [0.4, 0.5) is 0 Å². The molecule has 1 atom stereocenters. The second kappa shape index (κ2) is 10.5. The van der Waals surface area contributed by atoms with Crippen LogP contribution in [0, 0.1) is 6.92 Å². The number of nitrogens with zero attached hydrogens (tertiary/aromatic N) is 1. The van der Waals surface area contributed by atoms with Crippen molar-refractivity contribution in [2.45, 2.75) is 38.6 Å². The van der Waals surface area contributed by atoms with Gasteiger partial charge in [0.05, 0.1) is 39.3 Å². The van der Waals surface area contributed by atoms with Crippen molar-refractivity contribution in [2.75, 3.05) is 39.4 Å². The minimum absolute atomic E-state index is 0.00165. The summed E-state index contributed by atoms with van der Waals surface area (Å²) < 4.78 is 44.7. The summed E-state index contributed by atoms with van der Waals surface area (Å²) in [6.45, 7) is 1.82. The Morgan fingerprint density at radius 3 is 2.47 bits per heavy atom. The van der Waals surface area contributed by atoms with Crippen LogP contribution in [0.2, 0.25) is 0 Å². The number of ether oxygens (including phenoxy) is 3. The van der Waals surface area contributed by atoms with Crippen LogP contribution >= 0.6 is 0 Å². The zero-order valence-corrected chi connectivity index (χ0v) is 20.5. The molecule has 0 spiro atoms. The molecule has 34 heavy (non-hydrogen) atoms. The Hall–Kier alpha value is -3.08. The largest absolute Gasteiger partial charge is 0.493 e. The van der Waals surface area contributed by atoms with Crippen molar-refractivity contribution in [2.24, 2.45) is 0 Å². The topological polar surface area (TPSA) is 129 Å². The second-order valence-electron chi connectivity index (χ2n) is 8.14. The highest BCUT2D eigenvalue weighted by molar-refractivity contribution is 7.91. The predicted octanol–water partition coefficient (Wildman–Crippen LogP) is 1.63. The van der Waals surface area contributed by atoms with Crippen molar-refractivity contribution >= 4 is 32.7 Å². The molecule has 3 rings (SSSR count). The van der Waals surface area contributed by atoms with Gasteiger partial charge in [-0.05, 0) is 37.5 Å². The van der Waals surface area contributed by atoms with Crippen LogP contribution in [0.5, 0.6) is 11.5 Å². The monoisotopic (exact) mass is 495 g/mol. The van der Waals surface area contributed by atoms with E-state index < -0.39 is 27.5 Å². The number of benzene rings is 1. The highest BCUT2D eigenvalue weighted by atomic mass is 32.2. The van der Waals surface area contributed by atoms with Crippen LogP contribution in [-0.2, 0) is 30.6 Å².